The van der Waals surface area contributed by atoms with E-state index in [4.69, 9.17) is 9.47 Å². The number of hydrogen-bond acceptors (Lipinski definition) is 4. The van der Waals surface area contributed by atoms with Crippen LogP contribution in [0.4, 0.5) is 0 Å². The molecule has 0 amide bonds. The lowest BCUT2D eigenvalue weighted by Crippen LogP contribution is -2.25. The van der Waals surface area contributed by atoms with Crippen LogP contribution in [0, 0.1) is 5.41 Å². The molecule has 1 aromatic carbocycles. The molecule has 0 aliphatic heterocycles. The first-order chi connectivity index (χ1) is 12.7. The fourth-order valence-corrected chi connectivity index (χ4v) is 3.21. The molecule has 0 heterocycles. The highest BCUT2D eigenvalue weighted by molar-refractivity contribution is 5.90. The second-order valence-electron chi connectivity index (χ2n) is 7.89. The molecule has 0 aromatic heterocycles. The summed E-state index contributed by atoms with van der Waals surface area (Å²) in [4.78, 5) is 12.7. The Morgan fingerprint density at radius 1 is 1.33 bits per heavy atom. The number of ether oxygens (including phenoxy) is 2. The smallest absolute Gasteiger partial charge is 0.338 e. The van der Waals surface area contributed by atoms with E-state index in [1.165, 1.54) is 24.8 Å². The van der Waals surface area contributed by atoms with E-state index in [1.807, 2.05) is 0 Å². The maximum atomic E-state index is 12.7. The van der Waals surface area contributed by atoms with E-state index in [1.54, 1.807) is 6.07 Å². The fourth-order valence-electron chi connectivity index (χ4n) is 3.21. The predicted molar refractivity (Wildman–Crippen MR) is 108 cm³/mol. The number of hydrogen-bond donors (Lipinski definition) is 1. The maximum Gasteiger partial charge on any atom is 0.338 e. The van der Waals surface area contributed by atoms with Gasteiger partial charge in [0.1, 0.15) is 6.10 Å². The summed E-state index contributed by atoms with van der Waals surface area (Å²) in [6.07, 6.45) is 9.47. The number of carbonyl (C=O) groups is 1. The molecule has 1 aromatic rings. The van der Waals surface area contributed by atoms with Crippen molar-refractivity contribution in [1.82, 2.24) is 0 Å². The quantitative estimate of drug-likeness (QED) is 0.557. The van der Waals surface area contributed by atoms with E-state index in [-0.39, 0.29) is 23.0 Å². The number of carbonyl (C=O) groups excluding carboxylic acids is 1. The van der Waals surface area contributed by atoms with Crippen LogP contribution < -0.4 is 4.74 Å². The zero-order chi connectivity index (χ0) is 20.0. The van der Waals surface area contributed by atoms with Crippen molar-refractivity contribution >= 4 is 5.97 Å². The second-order valence-corrected chi connectivity index (χ2v) is 7.89. The lowest BCUT2D eigenvalue weighted by molar-refractivity contribution is 0.0221. The average molecular weight is 370 g/mol. The van der Waals surface area contributed by atoms with Gasteiger partial charge < -0.3 is 14.6 Å². The minimum absolute atomic E-state index is 0.00531. The van der Waals surface area contributed by atoms with Gasteiger partial charge in [-0.1, -0.05) is 49.8 Å². The Balaban J connectivity index is 2.22. The van der Waals surface area contributed by atoms with Gasteiger partial charge in [0.25, 0.3) is 0 Å². The molecule has 27 heavy (non-hydrogen) atoms. The van der Waals surface area contributed by atoms with Crippen molar-refractivity contribution in [1.29, 1.82) is 0 Å². The molecule has 2 rings (SSSR count). The number of rotatable bonds is 3. The van der Waals surface area contributed by atoms with Crippen LogP contribution in [0.25, 0.3) is 0 Å². The molecule has 1 aliphatic carbocycles. The van der Waals surface area contributed by atoms with Crippen LogP contribution >= 0.6 is 0 Å². The summed E-state index contributed by atoms with van der Waals surface area (Å²) >= 11 is 0. The number of phenolic OH excluding ortho intramolecular Hbond substituents is 1. The average Bonchev–Trinajstić information content (AvgIpc) is 2.61. The zero-order valence-corrected chi connectivity index (χ0v) is 16.7. The number of allylic oxidation sites excluding steroid dienone is 4. The molecule has 1 atom stereocenters. The largest absolute Gasteiger partial charge is 0.504 e. The van der Waals surface area contributed by atoms with Crippen molar-refractivity contribution in [2.24, 2.45) is 5.41 Å². The Bertz CT molecular complexity index is 756. The van der Waals surface area contributed by atoms with Crippen LogP contribution in [-0.2, 0) is 4.74 Å². The van der Waals surface area contributed by atoms with Gasteiger partial charge in [-0.15, -0.1) is 0 Å². The van der Waals surface area contributed by atoms with Crippen molar-refractivity contribution in [2.75, 3.05) is 7.11 Å². The Morgan fingerprint density at radius 3 is 2.78 bits per heavy atom. The molecular weight excluding hydrogens is 340 g/mol. The molecule has 0 spiro atoms. The van der Waals surface area contributed by atoms with Gasteiger partial charge in [0.15, 0.2) is 11.5 Å². The molecule has 146 valence electrons. The van der Waals surface area contributed by atoms with Crippen LogP contribution in [-0.4, -0.2) is 24.3 Å². The normalized spacial score (nSPS) is 23.5. The molecule has 0 unspecified atom stereocenters. The Hall–Kier alpha value is -2.49. The maximum absolute atomic E-state index is 12.7. The third-order valence-electron chi connectivity index (χ3n) is 4.72. The van der Waals surface area contributed by atoms with Gasteiger partial charge in [0, 0.05) is 6.42 Å². The third kappa shape index (κ3) is 6.31. The molecule has 1 aliphatic rings. The highest BCUT2D eigenvalue weighted by Crippen LogP contribution is 2.31. The van der Waals surface area contributed by atoms with Gasteiger partial charge in [-0.05, 0) is 49.8 Å². The van der Waals surface area contributed by atoms with E-state index in [2.05, 4.69) is 45.6 Å². The summed E-state index contributed by atoms with van der Waals surface area (Å²) in [6, 6.07) is 4.49. The summed E-state index contributed by atoms with van der Waals surface area (Å²) < 4.78 is 10.9. The van der Waals surface area contributed by atoms with E-state index in [0.717, 1.165) is 18.4 Å². The first kappa shape index (κ1) is 20.8. The Labute approximate surface area is 162 Å². The lowest BCUT2D eigenvalue weighted by Gasteiger charge is -2.27. The SMILES string of the molecule is C=C1/C=C/C(C)(C)C[C@@H](OC(=O)c2ccc(O)c(OC)c2)C/C(C)=C/CC1. The van der Waals surface area contributed by atoms with Crippen LogP contribution in [0.3, 0.4) is 0 Å². The summed E-state index contributed by atoms with van der Waals surface area (Å²) in [5.41, 5.74) is 2.56. The number of esters is 1. The van der Waals surface area contributed by atoms with Crippen LogP contribution in [0.2, 0.25) is 0 Å². The Morgan fingerprint density at radius 2 is 2.07 bits per heavy atom. The third-order valence-corrected chi connectivity index (χ3v) is 4.72. The topological polar surface area (TPSA) is 55.8 Å². The fraction of sp³-hybridized carbons (Fsp3) is 0.435. The number of phenols is 1. The molecule has 0 fully saturated rings. The summed E-state index contributed by atoms with van der Waals surface area (Å²) in [7, 11) is 1.45. The molecular formula is C23H30O4. The molecule has 1 N–H and O–H groups in total. The highest BCUT2D eigenvalue weighted by atomic mass is 16.5. The molecule has 0 saturated carbocycles. The molecule has 4 nitrogen and oxygen atoms in total. The minimum Gasteiger partial charge on any atom is -0.504 e. The van der Waals surface area contributed by atoms with Crippen LogP contribution in [0.1, 0.15) is 56.8 Å². The van der Waals surface area contributed by atoms with Gasteiger partial charge in [0.05, 0.1) is 12.7 Å². The van der Waals surface area contributed by atoms with Crippen molar-refractivity contribution in [3.05, 3.63) is 59.7 Å². The Kier molecular flexibility index (Phi) is 6.89. The molecule has 4 heteroatoms. The van der Waals surface area contributed by atoms with E-state index in [9.17, 15) is 9.90 Å². The molecule has 0 radical (unpaired) electrons. The summed E-state index contributed by atoms with van der Waals surface area (Å²) in [5, 5.41) is 9.72. The van der Waals surface area contributed by atoms with Gasteiger partial charge in [-0.3, -0.25) is 0 Å². The molecule has 0 bridgehead atoms. The standard InChI is InChI=1S/C23H30O4/c1-16-7-6-8-17(2)13-19(15-23(3,4)12-11-16)27-22(25)18-9-10-20(24)21(14-18)26-5/h8-12,14,19,24H,1,6-7,13,15H2,2-5H3/b12-11+,17-8+/t19-/m0/s1. The van der Waals surface area contributed by atoms with E-state index < -0.39 is 5.97 Å². The van der Waals surface area contributed by atoms with Crippen LogP contribution in [0.5, 0.6) is 11.5 Å². The summed E-state index contributed by atoms with van der Waals surface area (Å²) in [5.74, 6) is -0.163. The van der Waals surface area contributed by atoms with Gasteiger partial charge in [-0.25, -0.2) is 4.79 Å². The predicted octanol–water partition coefficient (Wildman–Crippen LogP) is 5.59. The van der Waals surface area contributed by atoms with Crippen molar-refractivity contribution in [2.45, 2.75) is 52.6 Å². The van der Waals surface area contributed by atoms with E-state index >= 15 is 0 Å². The van der Waals surface area contributed by atoms with E-state index in [0.29, 0.717) is 18.4 Å². The second kappa shape index (κ2) is 8.94. The highest BCUT2D eigenvalue weighted by Gasteiger charge is 2.25. The first-order valence-corrected chi connectivity index (χ1v) is 9.31. The monoisotopic (exact) mass is 370 g/mol. The number of methoxy groups -OCH3 is 1. The minimum atomic E-state index is -0.412. The number of benzene rings is 1. The van der Waals surface area contributed by atoms with Crippen molar-refractivity contribution in [3.8, 4) is 11.5 Å². The van der Waals surface area contributed by atoms with Gasteiger partial charge >= 0.3 is 5.97 Å². The van der Waals surface area contributed by atoms with Crippen LogP contribution in [0.15, 0.2) is 54.2 Å². The van der Waals surface area contributed by atoms with Crippen molar-refractivity contribution < 1.29 is 19.4 Å². The molecule has 0 saturated heterocycles. The van der Waals surface area contributed by atoms with Crippen molar-refractivity contribution in [3.63, 3.8) is 0 Å². The lowest BCUT2D eigenvalue weighted by atomic mass is 9.84. The number of aromatic hydroxyl groups is 1. The first-order valence-electron chi connectivity index (χ1n) is 9.31. The van der Waals surface area contributed by atoms with Gasteiger partial charge in [0.2, 0.25) is 0 Å². The summed E-state index contributed by atoms with van der Waals surface area (Å²) in [6.45, 7) is 10.5. The van der Waals surface area contributed by atoms with Gasteiger partial charge in [-0.2, -0.15) is 0 Å². The zero-order valence-electron chi connectivity index (χ0n) is 16.7.